The van der Waals surface area contributed by atoms with Gasteiger partial charge in [0.05, 0.1) is 5.41 Å². The van der Waals surface area contributed by atoms with E-state index in [2.05, 4.69) is 40.2 Å². The van der Waals surface area contributed by atoms with Gasteiger partial charge in [-0.1, -0.05) is 30.3 Å². The highest BCUT2D eigenvalue weighted by atomic mass is 16.5. The maximum atomic E-state index is 13.8. The molecule has 0 radical (unpaired) electrons. The number of rotatable bonds is 6. The number of amides is 1. The third kappa shape index (κ3) is 4.57. The molecule has 2 aliphatic rings. The molecule has 3 heterocycles. The molecule has 1 aromatic heterocycles. The van der Waals surface area contributed by atoms with Crippen molar-refractivity contribution < 1.29 is 14.6 Å². The van der Waals surface area contributed by atoms with Crippen LogP contribution in [0.4, 0.5) is 0 Å². The molecule has 2 aliphatic heterocycles. The molecule has 5 heteroatoms. The number of hydrogen-bond donors (Lipinski definition) is 1. The molecule has 2 saturated heterocycles. The molecule has 1 aromatic carbocycles. The van der Waals surface area contributed by atoms with Gasteiger partial charge in [0.25, 0.3) is 0 Å². The Morgan fingerprint density at radius 2 is 1.93 bits per heavy atom. The van der Waals surface area contributed by atoms with Crippen molar-refractivity contribution in [1.29, 1.82) is 0 Å². The van der Waals surface area contributed by atoms with Crippen molar-refractivity contribution in [3.05, 3.63) is 54.4 Å². The SMILES string of the molecule is O=C(N1CCCC[C@H]1CCO)C1(Cc2ccc(-c3cccnc3)cc2)CCOCC1. The fourth-order valence-electron chi connectivity index (χ4n) is 4.99. The molecule has 1 amide bonds. The zero-order valence-electron chi connectivity index (χ0n) is 17.6. The lowest BCUT2D eigenvalue weighted by molar-refractivity contribution is -0.152. The average Bonchev–Trinajstić information content (AvgIpc) is 2.81. The number of hydrogen-bond acceptors (Lipinski definition) is 4. The number of piperidine rings is 1. The minimum absolute atomic E-state index is 0.139. The summed E-state index contributed by atoms with van der Waals surface area (Å²) in [5.41, 5.74) is 3.02. The summed E-state index contributed by atoms with van der Waals surface area (Å²) >= 11 is 0. The molecule has 30 heavy (non-hydrogen) atoms. The number of aliphatic hydroxyl groups excluding tert-OH is 1. The zero-order valence-corrected chi connectivity index (χ0v) is 17.6. The maximum absolute atomic E-state index is 13.8. The number of ether oxygens (including phenoxy) is 1. The number of carbonyl (C=O) groups is 1. The summed E-state index contributed by atoms with van der Waals surface area (Å²) in [6.07, 6.45) is 9.79. The number of benzene rings is 1. The van der Waals surface area contributed by atoms with Gasteiger partial charge < -0.3 is 14.7 Å². The maximum Gasteiger partial charge on any atom is 0.229 e. The average molecular weight is 409 g/mol. The van der Waals surface area contributed by atoms with Gasteiger partial charge >= 0.3 is 0 Å². The number of likely N-dealkylation sites (tertiary alicyclic amines) is 1. The first-order valence-electron chi connectivity index (χ1n) is 11.2. The summed E-state index contributed by atoms with van der Waals surface area (Å²) < 4.78 is 5.63. The quantitative estimate of drug-likeness (QED) is 0.789. The fourth-order valence-corrected chi connectivity index (χ4v) is 4.99. The minimum Gasteiger partial charge on any atom is -0.396 e. The zero-order chi connectivity index (χ0) is 20.8. The van der Waals surface area contributed by atoms with Gasteiger partial charge in [-0.05, 0) is 67.7 Å². The number of nitrogens with zero attached hydrogens (tertiary/aromatic N) is 2. The van der Waals surface area contributed by atoms with E-state index in [0.29, 0.717) is 19.6 Å². The van der Waals surface area contributed by atoms with E-state index in [-0.39, 0.29) is 18.6 Å². The highest BCUT2D eigenvalue weighted by Crippen LogP contribution is 2.39. The second kappa shape index (κ2) is 9.71. The largest absolute Gasteiger partial charge is 0.396 e. The van der Waals surface area contributed by atoms with Crippen LogP contribution in [0, 0.1) is 5.41 Å². The van der Waals surface area contributed by atoms with Gasteiger partial charge in [-0.2, -0.15) is 0 Å². The van der Waals surface area contributed by atoms with E-state index in [0.717, 1.165) is 56.2 Å². The van der Waals surface area contributed by atoms with Gasteiger partial charge in [0.2, 0.25) is 5.91 Å². The summed E-state index contributed by atoms with van der Waals surface area (Å²) in [6, 6.07) is 12.7. The van der Waals surface area contributed by atoms with E-state index in [1.165, 1.54) is 5.56 Å². The Morgan fingerprint density at radius 1 is 1.13 bits per heavy atom. The van der Waals surface area contributed by atoms with Crippen molar-refractivity contribution in [3.63, 3.8) is 0 Å². The first-order chi connectivity index (χ1) is 14.7. The van der Waals surface area contributed by atoms with Crippen LogP contribution in [0.3, 0.4) is 0 Å². The molecule has 0 saturated carbocycles. The summed E-state index contributed by atoms with van der Waals surface area (Å²) in [6.45, 7) is 2.22. The molecule has 5 nitrogen and oxygen atoms in total. The molecular weight excluding hydrogens is 376 g/mol. The van der Waals surface area contributed by atoms with E-state index in [9.17, 15) is 9.90 Å². The van der Waals surface area contributed by atoms with E-state index < -0.39 is 5.41 Å². The number of pyridine rings is 1. The first kappa shape index (κ1) is 21.0. The van der Waals surface area contributed by atoms with Crippen molar-refractivity contribution in [2.75, 3.05) is 26.4 Å². The molecule has 0 aliphatic carbocycles. The normalized spacial score (nSPS) is 21.4. The van der Waals surface area contributed by atoms with E-state index in [4.69, 9.17) is 4.74 Å². The Morgan fingerprint density at radius 3 is 2.63 bits per heavy atom. The molecule has 2 aromatic rings. The Kier molecular flexibility index (Phi) is 6.80. The van der Waals surface area contributed by atoms with Crippen LogP contribution in [0.15, 0.2) is 48.8 Å². The number of carbonyl (C=O) groups excluding carboxylic acids is 1. The van der Waals surface area contributed by atoms with Gasteiger partial charge in [-0.15, -0.1) is 0 Å². The number of aliphatic hydroxyl groups is 1. The van der Waals surface area contributed by atoms with Crippen LogP contribution in [0.2, 0.25) is 0 Å². The lowest BCUT2D eigenvalue weighted by atomic mass is 9.73. The molecule has 0 spiro atoms. The van der Waals surface area contributed by atoms with Gasteiger partial charge in [-0.25, -0.2) is 0 Å². The predicted octanol–water partition coefficient (Wildman–Crippen LogP) is 3.85. The number of aromatic nitrogens is 1. The monoisotopic (exact) mass is 408 g/mol. The van der Waals surface area contributed by atoms with Gasteiger partial charge in [0.15, 0.2) is 0 Å². The van der Waals surface area contributed by atoms with Crippen molar-refractivity contribution in [1.82, 2.24) is 9.88 Å². The molecule has 0 bridgehead atoms. The minimum atomic E-state index is -0.404. The molecule has 160 valence electrons. The Bertz CT molecular complexity index is 814. The molecule has 1 atom stereocenters. The highest BCUT2D eigenvalue weighted by Gasteiger charge is 2.44. The van der Waals surface area contributed by atoms with Crippen LogP contribution in [0.1, 0.15) is 44.1 Å². The third-order valence-electron chi connectivity index (χ3n) is 6.75. The lowest BCUT2D eigenvalue weighted by Gasteiger charge is -2.44. The third-order valence-corrected chi connectivity index (χ3v) is 6.75. The summed E-state index contributed by atoms with van der Waals surface area (Å²) in [7, 11) is 0. The van der Waals surface area contributed by atoms with Crippen LogP contribution < -0.4 is 0 Å². The Hall–Kier alpha value is -2.24. The Labute approximate surface area is 179 Å². The van der Waals surface area contributed by atoms with Gasteiger partial charge in [0, 0.05) is 44.8 Å². The van der Waals surface area contributed by atoms with Crippen LogP contribution >= 0.6 is 0 Å². The van der Waals surface area contributed by atoms with Crippen LogP contribution in [-0.2, 0) is 16.0 Å². The molecule has 0 unspecified atom stereocenters. The topological polar surface area (TPSA) is 62.7 Å². The standard InChI is InChI=1S/C25H32N2O3/c28-15-10-23-5-1-2-14-27(23)24(29)25(11-16-30-17-12-25)18-20-6-8-21(9-7-20)22-4-3-13-26-19-22/h3-4,6-9,13,19,23,28H,1-2,5,10-12,14-18H2/t23-/m0/s1. The smallest absolute Gasteiger partial charge is 0.229 e. The first-order valence-corrected chi connectivity index (χ1v) is 11.2. The molecule has 1 N–H and O–H groups in total. The van der Waals surface area contributed by atoms with Crippen molar-refractivity contribution >= 4 is 5.91 Å². The van der Waals surface area contributed by atoms with Crippen molar-refractivity contribution in [2.45, 2.75) is 51.0 Å². The van der Waals surface area contributed by atoms with Gasteiger partial charge in [0.1, 0.15) is 0 Å². The fraction of sp³-hybridized carbons (Fsp3) is 0.520. The summed E-state index contributed by atoms with van der Waals surface area (Å²) in [5, 5.41) is 9.49. The van der Waals surface area contributed by atoms with E-state index in [1.54, 1.807) is 6.20 Å². The lowest BCUT2D eigenvalue weighted by Crippen LogP contribution is -2.53. The molecule has 4 rings (SSSR count). The summed E-state index contributed by atoms with van der Waals surface area (Å²) in [5.74, 6) is 0.264. The van der Waals surface area contributed by atoms with E-state index in [1.807, 2.05) is 12.3 Å². The summed E-state index contributed by atoms with van der Waals surface area (Å²) in [4.78, 5) is 20.1. The van der Waals surface area contributed by atoms with Gasteiger partial charge in [-0.3, -0.25) is 9.78 Å². The van der Waals surface area contributed by atoms with Crippen LogP contribution in [0.5, 0.6) is 0 Å². The second-order valence-electron chi connectivity index (χ2n) is 8.67. The van der Waals surface area contributed by atoms with Crippen molar-refractivity contribution in [2.24, 2.45) is 5.41 Å². The second-order valence-corrected chi connectivity index (χ2v) is 8.67. The molecule has 2 fully saturated rings. The van der Waals surface area contributed by atoms with Crippen LogP contribution in [0.25, 0.3) is 11.1 Å². The van der Waals surface area contributed by atoms with E-state index >= 15 is 0 Å². The van der Waals surface area contributed by atoms with Crippen LogP contribution in [-0.4, -0.2) is 53.3 Å². The molecular formula is C25H32N2O3. The van der Waals surface area contributed by atoms with Crippen molar-refractivity contribution in [3.8, 4) is 11.1 Å². The Balaban J connectivity index is 1.55. The highest BCUT2D eigenvalue weighted by molar-refractivity contribution is 5.83. The predicted molar refractivity (Wildman–Crippen MR) is 117 cm³/mol.